The van der Waals surface area contributed by atoms with E-state index >= 15 is 0 Å². The van der Waals surface area contributed by atoms with Crippen LogP contribution in [0.15, 0.2) is 43.0 Å². The van der Waals surface area contributed by atoms with Crippen LogP contribution in [0.25, 0.3) is 0 Å². The van der Waals surface area contributed by atoms with Crippen molar-refractivity contribution < 1.29 is 19.4 Å². The molecule has 0 spiro atoms. The second-order valence-electron chi connectivity index (χ2n) is 5.53. The summed E-state index contributed by atoms with van der Waals surface area (Å²) in [5, 5.41) is 9.08. The smallest absolute Gasteiger partial charge is 0.334 e. The van der Waals surface area contributed by atoms with Gasteiger partial charge in [0.05, 0.1) is 12.6 Å². The van der Waals surface area contributed by atoms with Gasteiger partial charge in [0.15, 0.2) is 6.10 Å². The van der Waals surface area contributed by atoms with Gasteiger partial charge in [0, 0.05) is 18.9 Å². The molecule has 1 saturated heterocycles. The van der Waals surface area contributed by atoms with E-state index in [4.69, 9.17) is 9.84 Å². The van der Waals surface area contributed by atoms with E-state index in [-0.39, 0.29) is 30.9 Å². The Morgan fingerprint density at radius 3 is 2.68 bits per heavy atom. The van der Waals surface area contributed by atoms with Crippen LogP contribution in [0.1, 0.15) is 24.8 Å². The van der Waals surface area contributed by atoms with Crippen LogP contribution in [0, 0.1) is 0 Å². The number of ether oxygens (including phenoxy) is 1. The standard InChI is InChI=1S/C17H21NO4/c1-3-13(14-7-5-4-6-8-14)9-16(19)18-10-12(2)22-15(11-18)17(20)21/h3-8,12-13,15H,1,9-11H2,2H3,(H,20,21)/t12-,13?,15?/m1/s1. The fraction of sp³-hybridized carbons (Fsp3) is 0.412. The van der Waals surface area contributed by atoms with Gasteiger partial charge in [0.2, 0.25) is 5.91 Å². The van der Waals surface area contributed by atoms with Gasteiger partial charge in [-0.3, -0.25) is 4.79 Å². The fourth-order valence-corrected chi connectivity index (χ4v) is 2.65. The fourth-order valence-electron chi connectivity index (χ4n) is 2.65. The predicted molar refractivity (Wildman–Crippen MR) is 82.5 cm³/mol. The molecular formula is C17H21NO4. The molecule has 1 amide bonds. The van der Waals surface area contributed by atoms with Crippen molar-refractivity contribution >= 4 is 11.9 Å². The van der Waals surface area contributed by atoms with Gasteiger partial charge < -0.3 is 14.7 Å². The minimum atomic E-state index is -1.03. The molecule has 1 N–H and O–H groups in total. The average molecular weight is 303 g/mol. The zero-order valence-corrected chi connectivity index (χ0v) is 12.6. The Hall–Kier alpha value is -2.14. The van der Waals surface area contributed by atoms with Crippen molar-refractivity contribution in [2.75, 3.05) is 13.1 Å². The van der Waals surface area contributed by atoms with E-state index in [1.165, 1.54) is 0 Å². The third-order valence-corrected chi connectivity index (χ3v) is 3.80. The van der Waals surface area contributed by atoms with Gasteiger partial charge in [-0.1, -0.05) is 36.4 Å². The first kappa shape index (κ1) is 16.2. The van der Waals surface area contributed by atoms with E-state index in [2.05, 4.69) is 6.58 Å². The van der Waals surface area contributed by atoms with E-state index < -0.39 is 12.1 Å². The van der Waals surface area contributed by atoms with Crippen LogP contribution in [-0.4, -0.2) is 47.2 Å². The molecule has 5 nitrogen and oxygen atoms in total. The summed E-state index contributed by atoms with van der Waals surface area (Å²) < 4.78 is 5.33. The molecule has 1 heterocycles. The van der Waals surface area contributed by atoms with Crippen molar-refractivity contribution in [3.63, 3.8) is 0 Å². The van der Waals surface area contributed by atoms with Gasteiger partial charge in [-0.25, -0.2) is 4.79 Å². The normalized spacial score (nSPS) is 22.9. The van der Waals surface area contributed by atoms with Crippen LogP contribution in [0.4, 0.5) is 0 Å². The maximum atomic E-state index is 12.5. The number of amides is 1. The molecule has 1 aromatic rings. The van der Waals surface area contributed by atoms with Gasteiger partial charge in [0.1, 0.15) is 0 Å². The van der Waals surface area contributed by atoms with Gasteiger partial charge in [-0.05, 0) is 12.5 Å². The van der Waals surface area contributed by atoms with Crippen molar-refractivity contribution in [2.24, 2.45) is 0 Å². The summed E-state index contributed by atoms with van der Waals surface area (Å²) in [6.45, 7) is 6.09. The number of carbonyl (C=O) groups is 2. The lowest BCUT2D eigenvalue weighted by atomic mass is 9.95. The van der Waals surface area contributed by atoms with Crippen LogP contribution in [0.5, 0.6) is 0 Å². The molecule has 1 fully saturated rings. The second kappa shape index (κ2) is 7.22. The van der Waals surface area contributed by atoms with Crippen LogP contribution >= 0.6 is 0 Å². The maximum Gasteiger partial charge on any atom is 0.334 e. The zero-order valence-electron chi connectivity index (χ0n) is 12.6. The molecule has 0 aromatic heterocycles. The molecule has 0 saturated carbocycles. The second-order valence-corrected chi connectivity index (χ2v) is 5.53. The topological polar surface area (TPSA) is 66.8 Å². The van der Waals surface area contributed by atoms with Crippen molar-refractivity contribution in [3.05, 3.63) is 48.6 Å². The van der Waals surface area contributed by atoms with Gasteiger partial charge in [0.25, 0.3) is 0 Å². The van der Waals surface area contributed by atoms with E-state index in [1.54, 1.807) is 17.9 Å². The lowest BCUT2D eigenvalue weighted by Gasteiger charge is -2.35. The summed E-state index contributed by atoms with van der Waals surface area (Å²) in [5.41, 5.74) is 1.03. The predicted octanol–water partition coefficient (Wildman–Crippen LogP) is 2.05. The molecule has 1 aliphatic rings. The number of hydrogen-bond donors (Lipinski definition) is 1. The Morgan fingerprint density at radius 2 is 2.09 bits per heavy atom. The number of benzene rings is 1. The molecular weight excluding hydrogens is 282 g/mol. The first-order valence-corrected chi connectivity index (χ1v) is 7.34. The summed E-state index contributed by atoms with van der Waals surface area (Å²) in [6, 6.07) is 9.69. The number of carbonyl (C=O) groups excluding carboxylic acids is 1. The van der Waals surface area contributed by atoms with Crippen LogP contribution in [-0.2, 0) is 14.3 Å². The van der Waals surface area contributed by atoms with E-state index in [1.807, 2.05) is 30.3 Å². The minimum Gasteiger partial charge on any atom is -0.479 e. The van der Waals surface area contributed by atoms with Crippen molar-refractivity contribution in [3.8, 4) is 0 Å². The molecule has 0 bridgehead atoms. The average Bonchev–Trinajstić information content (AvgIpc) is 2.52. The molecule has 2 unspecified atom stereocenters. The molecule has 1 aliphatic heterocycles. The summed E-state index contributed by atoms with van der Waals surface area (Å²) >= 11 is 0. The first-order chi connectivity index (χ1) is 10.5. The van der Waals surface area contributed by atoms with Gasteiger partial charge >= 0.3 is 5.97 Å². The highest BCUT2D eigenvalue weighted by molar-refractivity contribution is 5.79. The number of rotatable bonds is 5. The Morgan fingerprint density at radius 1 is 1.41 bits per heavy atom. The number of nitrogens with zero attached hydrogens (tertiary/aromatic N) is 1. The zero-order chi connectivity index (χ0) is 16.1. The first-order valence-electron chi connectivity index (χ1n) is 7.34. The lowest BCUT2D eigenvalue weighted by molar-refractivity contribution is -0.166. The highest BCUT2D eigenvalue weighted by atomic mass is 16.5. The SMILES string of the molecule is C=CC(CC(=O)N1CC(C(=O)O)O[C@H](C)C1)c1ccccc1. The van der Waals surface area contributed by atoms with E-state index in [0.29, 0.717) is 6.54 Å². The highest BCUT2D eigenvalue weighted by Crippen LogP contribution is 2.23. The summed E-state index contributed by atoms with van der Waals surface area (Å²) in [5.74, 6) is -1.18. The summed E-state index contributed by atoms with van der Waals surface area (Å²) in [6.07, 6.45) is 0.808. The Labute approximate surface area is 130 Å². The minimum absolute atomic E-state index is 0.0739. The van der Waals surface area contributed by atoms with E-state index in [0.717, 1.165) is 5.56 Å². The van der Waals surface area contributed by atoms with Crippen LogP contribution in [0.3, 0.4) is 0 Å². The number of aliphatic carboxylic acids is 1. The van der Waals surface area contributed by atoms with Crippen molar-refractivity contribution in [1.29, 1.82) is 0 Å². The highest BCUT2D eigenvalue weighted by Gasteiger charge is 2.33. The molecule has 22 heavy (non-hydrogen) atoms. The Kier molecular flexibility index (Phi) is 5.33. The van der Waals surface area contributed by atoms with Crippen LogP contribution in [0.2, 0.25) is 0 Å². The van der Waals surface area contributed by atoms with Crippen LogP contribution < -0.4 is 0 Å². The van der Waals surface area contributed by atoms with Gasteiger partial charge in [-0.15, -0.1) is 6.58 Å². The molecule has 1 aromatic carbocycles. The number of morpholine rings is 1. The van der Waals surface area contributed by atoms with Crippen molar-refractivity contribution in [1.82, 2.24) is 4.90 Å². The number of hydrogen-bond acceptors (Lipinski definition) is 3. The largest absolute Gasteiger partial charge is 0.479 e. The Bertz CT molecular complexity index is 543. The Balaban J connectivity index is 2.04. The third kappa shape index (κ3) is 3.95. The molecule has 0 aliphatic carbocycles. The number of allylic oxidation sites excluding steroid dienone is 1. The monoisotopic (exact) mass is 303 g/mol. The molecule has 0 radical (unpaired) electrons. The summed E-state index contributed by atoms with van der Waals surface area (Å²) in [4.78, 5) is 25.1. The number of carboxylic acid groups (broad SMARTS) is 1. The molecule has 2 rings (SSSR count). The lowest BCUT2D eigenvalue weighted by Crippen LogP contribution is -2.51. The summed E-state index contributed by atoms with van der Waals surface area (Å²) in [7, 11) is 0. The molecule has 5 heteroatoms. The molecule has 118 valence electrons. The van der Waals surface area contributed by atoms with E-state index in [9.17, 15) is 9.59 Å². The molecule has 3 atom stereocenters. The van der Waals surface area contributed by atoms with Crippen molar-refractivity contribution in [2.45, 2.75) is 31.5 Å². The number of carboxylic acids is 1. The van der Waals surface area contributed by atoms with Gasteiger partial charge in [-0.2, -0.15) is 0 Å². The third-order valence-electron chi connectivity index (χ3n) is 3.80. The quantitative estimate of drug-likeness (QED) is 0.845. The maximum absolute atomic E-state index is 12.5.